The molecule has 0 aliphatic rings. The SMILES string of the molecule is CCCN(CCCOc1ccccc1CN)CC(=O)NC. The quantitative estimate of drug-likeness (QED) is 0.639. The van der Waals surface area contributed by atoms with Crippen LogP contribution in [-0.4, -0.2) is 44.1 Å². The van der Waals surface area contributed by atoms with Crippen molar-refractivity contribution in [1.82, 2.24) is 10.2 Å². The molecule has 118 valence electrons. The molecule has 0 aliphatic heterocycles. The van der Waals surface area contributed by atoms with Crippen LogP contribution in [0.5, 0.6) is 5.75 Å². The smallest absolute Gasteiger partial charge is 0.233 e. The summed E-state index contributed by atoms with van der Waals surface area (Å²) < 4.78 is 5.78. The van der Waals surface area contributed by atoms with Crippen molar-refractivity contribution in [3.63, 3.8) is 0 Å². The zero-order chi connectivity index (χ0) is 15.5. The lowest BCUT2D eigenvalue weighted by Gasteiger charge is -2.20. The minimum atomic E-state index is 0.0536. The van der Waals surface area contributed by atoms with Crippen LogP contribution in [0.4, 0.5) is 0 Å². The maximum absolute atomic E-state index is 11.4. The van der Waals surface area contributed by atoms with E-state index in [-0.39, 0.29) is 5.91 Å². The van der Waals surface area contributed by atoms with Gasteiger partial charge in [0.15, 0.2) is 0 Å². The summed E-state index contributed by atoms with van der Waals surface area (Å²) in [5.74, 6) is 0.909. The fraction of sp³-hybridized carbons (Fsp3) is 0.562. The highest BCUT2D eigenvalue weighted by atomic mass is 16.5. The fourth-order valence-corrected chi connectivity index (χ4v) is 2.15. The zero-order valence-corrected chi connectivity index (χ0v) is 13.1. The van der Waals surface area contributed by atoms with Crippen LogP contribution in [-0.2, 0) is 11.3 Å². The van der Waals surface area contributed by atoms with Crippen molar-refractivity contribution in [3.05, 3.63) is 29.8 Å². The second kappa shape index (κ2) is 10.2. The molecule has 0 unspecified atom stereocenters. The van der Waals surface area contributed by atoms with E-state index in [2.05, 4.69) is 17.1 Å². The number of carbonyl (C=O) groups is 1. The number of hydrogen-bond acceptors (Lipinski definition) is 4. The number of benzene rings is 1. The van der Waals surface area contributed by atoms with Crippen LogP contribution in [0, 0.1) is 0 Å². The first-order chi connectivity index (χ1) is 10.2. The van der Waals surface area contributed by atoms with Crippen molar-refractivity contribution in [2.75, 3.05) is 33.3 Å². The van der Waals surface area contributed by atoms with Gasteiger partial charge in [-0.2, -0.15) is 0 Å². The summed E-state index contributed by atoms with van der Waals surface area (Å²) in [5, 5.41) is 2.66. The molecule has 0 saturated carbocycles. The summed E-state index contributed by atoms with van der Waals surface area (Å²) >= 11 is 0. The van der Waals surface area contributed by atoms with E-state index in [4.69, 9.17) is 10.5 Å². The average molecular weight is 293 g/mol. The Bertz CT molecular complexity index is 424. The van der Waals surface area contributed by atoms with Crippen LogP contribution >= 0.6 is 0 Å². The van der Waals surface area contributed by atoms with Gasteiger partial charge >= 0.3 is 0 Å². The molecule has 1 aromatic carbocycles. The van der Waals surface area contributed by atoms with E-state index in [0.29, 0.717) is 19.7 Å². The Balaban J connectivity index is 2.35. The minimum Gasteiger partial charge on any atom is -0.493 e. The first kappa shape index (κ1) is 17.5. The number of likely N-dealkylation sites (N-methyl/N-ethyl adjacent to an activating group) is 1. The minimum absolute atomic E-state index is 0.0536. The molecular formula is C16H27N3O2. The Morgan fingerprint density at radius 2 is 2.10 bits per heavy atom. The molecular weight excluding hydrogens is 266 g/mol. The summed E-state index contributed by atoms with van der Waals surface area (Å²) in [7, 11) is 1.67. The average Bonchev–Trinajstić information content (AvgIpc) is 2.51. The lowest BCUT2D eigenvalue weighted by Crippen LogP contribution is -2.37. The number of rotatable bonds is 10. The molecule has 0 aliphatic carbocycles. The second-order valence-corrected chi connectivity index (χ2v) is 4.96. The van der Waals surface area contributed by atoms with Gasteiger partial charge in [-0.1, -0.05) is 25.1 Å². The predicted octanol–water partition coefficient (Wildman–Crippen LogP) is 1.37. The number of nitrogens with zero attached hydrogens (tertiary/aromatic N) is 1. The molecule has 1 rings (SSSR count). The molecule has 0 bridgehead atoms. The lowest BCUT2D eigenvalue weighted by molar-refractivity contribution is -0.121. The molecule has 0 heterocycles. The third-order valence-electron chi connectivity index (χ3n) is 3.25. The summed E-state index contributed by atoms with van der Waals surface area (Å²) in [4.78, 5) is 13.6. The number of para-hydroxylation sites is 1. The van der Waals surface area contributed by atoms with Crippen molar-refractivity contribution < 1.29 is 9.53 Å². The van der Waals surface area contributed by atoms with Crippen molar-refractivity contribution in [3.8, 4) is 5.75 Å². The number of amides is 1. The molecule has 1 aromatic rings. The van der Waals surface area contributed by atoms with Crippen LogP contribution < -0.4 is 15.8 Å². The van der Waals surface area contributed by atoms with Crippen molar-refractivity contribution in [2.24, 2.45) is 5.73 Å². The third kappa shape index (κ3) is 6.60. The van der Waals surface area contributed by atoms with Gasteiger partial charge in [0.25, 0.3) is 0 Å². The highest BCUT2D eigenvalue weighted by molar-refractivity contribution is 5.77. The van der Waals surface area contributed by atoms with Crippen molar-refractivity contribution in [2.45, 2.75) is 26.3 Å². The summed E-state index contributed by atoms with van der Waals surface area (Å²) in [6, 6.07) is 7.83. The topological polar surface area (TPSA) is 67.6 Å². The number of ether oxygens (including phenoxy) is 1. The Hall–Kier alpha value is -1.59. The fourth-order valence-electron chi connectivity index (χ4n) is 2.15. The normalized spacial score (nSPS) is 10.7. The Morgan fingerprint density at radius 1 is 1.33 bits per heavy atom. The Kier molecular flexibility index (Phi) is 8.47. The van der Waals surface area contributed by atoms with Crippen LogP contribution in [0.1, 0.15) is 25.3 Å². The van der Waals surface area contributed by atoms with Gasteiger partial charge in [0.2, 0.25) is 5.91 Å². The van der Waals surface area contributed by atoms with Gasteiger partial charge in [0.1, 0.15) is 5.75 Å². The lowest BCUT2D eigenvalue weighted by atomic mass is 10.2. The van der Waals surface area contributed by atoms with E-state index >= 15 is 0 Å². The van der Waals surface area contributed by atoms with Crippen molar-refractivity contribution in [1.29, 1.82) is 0 Å². The van der Waals surface area contributed by atoms with Gasteiger partial charge in [-0.15, -0.1) is 0 Å². The highest BCUT2D eigenvalue weighted by Gasteiger charge is 2.08. The second-order valence-electron chi connectivity index (χ2n) is 4.96. The van der Waals surface area contributed by atoms with Gasteiger partial charge in [-0.05, 0) is 25.5 Å². The van der Waals surface area contributed by atoms with E-state index in [9.17, 15) is 4.79 Å². The predicted molar refractivity (Wildman–Crippen MR) is 85.2 cm³/mol. The highest BCUT2D eigenvalue weighted by Crippen LogP contribution is 2.17. The van der Waals surface area contributed by atoms with Gasteiger partial charge in [-0.25, -0.2) is 0 Å². The molecule has 0 saturated heterocycles. The maximum atomic E-state index is 11.4. The van der Waals surface area contributed by atoms with Crippen LogP contribution in [0.15, 0.2) is 24.3 Å². The third-order valence-corrected chi connectivity index (χ3v) is 3.25. The standard InChI is InChI=1S/C16H27N3O2/c1-3-9-19(13-16(20)18-2)10-6-11-21-15-8-5-4-7-14(15)12-17/h4-5,7-8H,3,6,9-13,17H2,1-2H3,(H,18,20). The Labute approximate surface area is 127 Å². The summed E-state index contributed by atoms with van der Waals surface area (Å²) in [6.07, 6.45) is 1.92. The first-order valence-corrected chi connectivity index (χ1v) is 7.55. The van der Waals surface area contributed by atoms with Gasteiger partial charge < -0.3 is 15.8 Å². The molecule has 5 heteroatoms. The molecule has 0 atom stereocenters. The van der Waals surface area contributed by atoms with Crippen LogP contribution in [0.2, 0.25) is 0 Å². The largest absolute Gasteiger partial charge is 0.493 e. The van der Waals surface area contributed by atoms with Gasteiger partial charge in [0, 0.05) is 25.7 Å². The molecule has 0 spiro atoms. The number of hydrogen-bond donors (Lipinski definition) is 2. The van der Waals surface area contributed by atoms with E-state index in [1.807, 2.05) is 24.3 Å². The summed E-state index contributed by atoms with van der Waals surface area (Å²) in [5.41, 5.74) is 6.70. The zero-order valence-electron chi connectivity index (χ0n) is 13.1. The van der Waals surface area contributed by atoms with E-state index in [1.165, 1.54) is 0 Å². The number of nitrogens with two attached hydrogens (primary N) is 1. The van der Waals surface area contributed by atoms with Gasteiger partial charge in [0.05, 0.1) is 13.2 Å². The van der Waals surface area contributed by atoms with E-state index in [0.717, 1.165) is 37.2 Å². The summed E-state index contributed by atoms with van der Waals surface area (Å²) in [6.45, 7) is 5.45. The van der Waals surface area contributed by atoms with E-state index in [1.54, 1.807) is 7.05 Å². The molecule has 0 radical (unpaired) electrons. The first-order valence-electron chi connectivity index (χ1n) is 7.55. The number of carbonyl (C=O) groups excluding carboxylic acids is 1. The van der Waals surface area contributed by atoms with E-state index < -0.39 is 0 Å². The van der Waals surface area contributed by atoms with Crippen LogP contribution in [0.3, 0.4) is 0 Å². The molecule has 0 aromatic heterocycles. The molecule has 5 nitrogen and oxygen atoms in total. The molecule has 3 N–H and O–H groups in total. The van der Waals surface area contributed by atoms with Crippen molar-refractivity contribution >= 4 is 5.91 Å². The maximum Gasteiger partial charge on any atom is 0.233 e. The molecule has 1 amide bonds. The van der Waals surface area contributed by atoms with Crippen LogP contribution in [0.25, 0.3) is 0 Å². The molecule has 0 fully saturated rings. The monoisotopic (exact) mass is 293 g/mol. The Morgan fingerprint density at radius 3 is 2.76 bits per heavy atom. The molecule has 21 heavy (non-hydrogen) atoms. The number of nitrogens with one attached hydrogen (secondary N) is 1. The van der Waals surface area contributed by atoms with Gasteiger partial charge in [-0.3, -0.25) is 9.69 Å².